The van der Waals surface area contributed by atoms with Gasteiger partial charge in [-0.3, -0.25) is 4.57 Å². The third kappa shape index (κ3) is 3.39. The van der Waals surface area contributed by atoms with Crippen molar-refractivity contribution in [1.29, 1.82) is 5.26 Å². The van der Waals surface area contributed by atoms with Crippen LogP contribution in [0.15, 0.2) is 61.1 Å². The van der Waals surface area contributed by atoms with Crippen LogP contribution in [0.25, 0.3) is 28.3 Å². The van der Waals surface area contributed by atoms with Gasteiger partial charge in [0.05, 0.1) is 23.0 Å². The molecule has 0 spiro atoms. The Bertz CT molecular complexity index is 1390. The molecule has 2 aromatic carbocycles. The van der Waals surface area contributed by atoms with Gasteiger partial charge in [0, 0.05) is 37.1 Å². The van der Waals surface area contributed by atoms with Crippen LogP contribution in [0.2, 0.25) is 0 Å². The summed E-state index contributed by atoms with van der Waals surface area (Å²) in [5.41, 5.74) is 7.56. The molecular formula is C27H27N7. The lowest BCUT2D eigenvalue weighted by molar-refractivity contribution is 0.435. The second kappa shape index (κ2) is 8.15. The molecule has 2 aliphatic rings. The summed E-state index contributed by atoms with van der Waals surface area (Å²) in [7, 11) is 2.04. The summed E-state index contributed by atoms with van der Waals surface area (Å²) >= 11 is 0. The number of aromatic nitrogens is 4. The Morgan fingerprint density at radius 1 is 1.09 bits per heavy atom. The molecule has 2 aliphatic heterocycles. The van der Waals surface area contributed by atoms with Crippen LogP contribution in [0.1, 0.15) is 18.1 Å². The van der Waals surface area contributed by atoms with Crippen LogP contribution in [0.4, 0.5) is 5.69 Å². The van der Waals surface area contributed by atoms with Crippen molar-refractivity contribution < 1.29 is 0 Å². The van der Waals surface area contributed by atoms with Crippen molar-refractivity contribution in [2.24, 2.45) is 11.8 Å². The fourth-order valence-electron chi connectivity index (χ4n) is 5.40. The van der Waals surface area contributed by atoms with E-state index in [9.17, 15) is 0 Å². The van der Waals surface area contributed by atoms with Crippen LogP contribution in [-0.4, -0.2) is 46.0 Å². The van der Waals surface area contributed by atoms with Gasteiger partial charge in [0.1, 0.15) is 6.33 Å². The third-order valence-electron chi connectivity index (χ3n) is 7.28. The number of benzene rings is 2. The summed E-state index contributed by atoms with van der Waals surface area (Å²) in [5.74, 6) is 2.18. The lowest BCUT2D eigenvalue weighted by Gasteiger charge is -2.21. The molecule has 6 rings (SSSR count). The molecule has 7 nitrogen and oxygen atoms in total. The van der Waals surface area contributed by atoms with Gasteiger partial charge in [-0.25, -0.2) is 0 Å². The van der Waals surface area contributed by atoms with Crippen molar-refractivity contribution in [3.05, 3.63) is 72.2 Å². The number of nitrogens with zero attached hydrogens (tertiary/aromatic N) is 6. The van der Waals surface area contributed by atoms with Crippen molar-refractivity contribution in [3.8, 4) is 34.4 Å². The maximum atomic E-state index is 9.12. The number of nitrogens with one attached hydrogen (secondary N) is 1. The highest BCUT2D eigenvalue weighted by atomic mass is 15.3. The molecule has 7 heteroatoms. The van der Waals surface area contributed by atoms with Crippen LogP contribution in [0.3, 0.4) is 0 Å². The fourth-order valence-corrected chi connectivity index (χ4v) is 5.40. The Labute approximate surface area is 199 Å². The molecule has 4 aromatic rings. The summed E-state index contributed by atoms with van der Waals surface area (Å²) in [4.78, 5) is 2.52. The van der Waals surface area contributed by atoms with Crippen LogP contribution < -0.4 is 10.2 Å². The molecule has 1 fully saturated rings. The SMILES string of the molecule is CNC[C@H]1CN(c2ccc3c(c2)Cn2cc(-c4ccc(C#N)cc4)cc2-c2nncn2-3)C[C@H]1C. The number of hydrogen-bond donors (Lipinski definition) is 1. The van der Waals surface area contributed by atoms with E-state index >= 15 is 0 Å². The molecule has 1 N–H and O–H groups in total. The zero-order valence-electron chi connectivity index (χ0n) is 19.4. The summed E-state index contributed by atoms with van der Waals surface area (Å²) in [6.07, 6.45) is 3.98. The van der Waals surface area contributed by atoms with Gasteiger partial charge >= 0.3 is 0 Å². The molecule has 0 saturated carbocycles. The lowest BCUT2D eigenvalue weighted by Crippen LogP contribution is -2.25. The average Bonchev–Trinajstić information content (AvgIpc) is 3.57. The van der Waals surface area contributed by atoms with E-state index < -0.39 is 0 Å². The van der Waals surface area contributed by atoms with E-state index in [1.54, 1.807) is 6.33 Å². The maximum absolute atomic E-state index is 9.12. The van der Waals surface area contributed by atoms with Gasteiger partial charge < -0.3 is 14.8 Å². The molecular weight excluding hydrogens is 422 g/mol. The van der Waals surface area contributed by atoms with E-state index in [1.165, 1.54) is 11.3 Å². The molecule has 0 radical (unpaired) electrons. The number of nitriles is 1. The van der Waals surface area contributed by atoms with Gasteiger partial charge in [0.15, 0.2) is 5.82 Å². The minimum Gasteiger partial charge on any atom is -0.371 e. The summed E-state index contributed by atoms with van der Waals surface area (Å²) in [5, 5.41) is 21.2. The Kier molecular flexibility index (Phi) is 4.96. The zero-order valence-corrected chi connectivity index (χ0v) is 19.4. The molecule has 0 amide bonds. The summed E-state index contributed by atoms with van der Waals surface area (Å²) in [6, 6.07) is 18.9. The van der Waals surface area contributed by atoms with E-state index in [0.29, 0.717) is 17.4 Å². The minimum atomic E-state index is 0.666. The highest BCUT2D eigenvalue weighted by molar-refractivity contribution is 5.72. The topological polar surface area (TPSA) is 74.7 Å². The first-order valence-electron chi connectivity index (χ1n) is 11.8. The van der Waals surface area contributed by atoms with Gasteiger partial charge in [0.25, 0.3) is 0 Å². The standard InChI is InChI=1S/C27H27N7/c1-18-13-32(16-23(18)12-29-2)24-7-8-25-22(9-24)15-33-14-21(20-5-3-19(11-28)4-6-20)10-26(33)27-31-30-17-34(25)27/h3-10,14,17-18,23,29H,12-13,15-16H2,1-2H3/t18-,23+/m1/s1. The summed E-state index contributed by atoms with van der Waals surface area (Å²) < 4.78 is 4.36. The molecule has 0 unspecified atom stereocenters. The van der Waals surface area contributed by atoms with Crippen molar-refractivity contribution >= 4 is 5.69 Å². The molecule has 170 valence electrons. The predicted octanol–water partition coefficient (Wildman–Crippen LogP) is 3.93. The quantitative estimate of drug-likeness (QED) is 0.450. The second-order valence-corrected chi connectivity index (χ2v) is 9.47. The number of fused-ring (bicyclic) bond motifs is 5. The van der Waals surface area contributed by atoms with Crippen molar-refractivity contribution in [2.75, 3.05) is 31.6 Å². The highest BCUT2D eigenvalue weighted by Crippen LogP contribution is 2.36. The lowest BCUT2D eigenvalue weighted by atomic mass is 9.98. The van der Waals surface area contributed by atoms with Crippen molar-refractivity contribution in [3.63, 3.8) is 0 Å². The highest BCUT2D eigenvalue weighted by Gasteiger charge is 2.30. The monoisotopic (exact) mass is 449 g/mol. The molecule has 0 aliphatic carbocycles. The second-order valence-electron chi connectivity index (χ2n) is 9.47. The molecule has 2 aromatic heterocycles. The van der Waals surface area contributed by atoms with E-state index in [4.69, 9.17) is 5.26 Å². The Hall–Kier alpha value is -3.89. The van der Waals surface area contributed by atoms with E-state index in [1.807, 2.05) is 31.3 Å². The van der Waals surface area contributed by atoms with E-state index in [2.05, 4.69) is 73.0 Å². The van der Waals surface area contributed by atoms with Crippen LogP contribution in [-0.2, 0) is 6.54 Å². The zero-order chi connectivity index (χ0) is 23.2. The molecule has 0 bridgehead atoms. The van der Waals surface area contributed by atoms with Gasteiger partial charge in [-0.15, -0.1) is 10.2 Å². The first-order valence-corrected chi connectivity index (χ1v) is 11.8. The van der Waals surface area contributed by atoms with Gasteiger partial charge in [-0.1, -0.05) is 19.1 Å². The van der Waals surface area contributed by atoms with Crippen molar-refractivity contribution in [2.45, 2.75) is 13.5 Å². The number of rotatable bonds is 4. The molecule has 2 atom stereocenters. The Morgan fingerprint density at radius 3 is 2.74 bits per heavy atom. The van der Waals surface area contributed by atoms with E-state index in [0.717, 1.165) is 54.5 Å². The third-order valence-corrected chi connectivity index (χ3v) is 7.28. The first kappa shape index (κ1) is 20.7. The van der Waals surface area contributed by atoms with Crippen LogP contribution in [0, 0.1) is 23.2 Å². The minimum absolute atomic E-state index is 0.666. The van der Waals surface area contributed by atoms with Crippen molar-refractivity contribution in [1.82, 2.24) is 24.6 Å². The molecule has 4 heterocycles. The van der Waals surface area contributed by atoms with E-state index in [-0.39, 0.29) is 0 Å². The average molecular weight is 450 g/mol. The van der Waals surface area contributed by atoms with Gasteiger partial charge in [0.2, 0.25) is 0 Å². The normalized spacial score (nSPS) is 18.7. The summed E-state index contributed by atoms with van der Waals surface area (Å²) in [6.45, 7) is 6.33. The molecule has 1 saturated heterocycles. The number of hydrogen-bond acceptors (Lipinski definition) is 5. The predicted molar refractivity (Wildman–Crippen MR) is 133 cm³/mol. The smallest absolute Gasteiger partial charge is 0.185 e. The Morgan fingerprint density at radius 2 is 1.94 bits per heavy atom. The number of anilines is 1. The van der Waals surface area contributed by atoms with Crippen LogP contribution in [0.5, 0.6) is 0 Å². The van der Waals surface area contributed by atoms with Gasteiger partial charge in [-0.05, 0) is 73.0 Å². The Balaban J connectivity index is 1.38. The van der Waals surface area contributed by atoms with Crippen LogP contribution >= 0.6 is 0 Å². The maximum Gasteiger partial charge on any atom is 0.185 e. The largest absolute Gasteiger partial charge is 0.371 e. The van der Waals surface area contributed by atoms with Gasteiger partial charge in [-0.2, -0.15) is 5.26 Å². The molecule has 34 heavy (non-hydrogen) atoms. The first-order chi connectivity index (χ1) is 16.6. The fraction of sp³-hybridized carbons (Fsp3) is 0.296.